The molecule has 2 saturated heterocycles. The van der Waals surface area contributed by atoms with E-state index >= 15 is 0 Å². The fraction of sp³-hybridized carbons (Fsp3) is 0.643. The molecular weight excluding hydrogens is 258 g/mol. The third-order valence-corrected chi connectivity index (χ3v) is 5.16. The third-order valence-electron chi connectivity index (χ3n) is 4.29. The van der Waals surface area contributed by atoms with Crippen LogP contribution in [0.15, 0.2) is 17.5 Å². The van der Waals surface area contributed by atoms with Crippen LogP contribution in [0, 0.1) is 0 Å². The number of thiophene rings is 1. The summed E-state index contributed by atoms with van der Waals surface area (Å²) in [4.78, 5) is 15.6. The number of fused-ring (bicyclic) bond motifs is 2. The molecule has 2 atom stereocenters. The van der Waals surface area contributed by atoms with Crippen LogP contribution in [-0.2, 0) is 11.3 Å². The maximum atomic E-state index is 12.0. The van der Waals surface area contributed by atoms with Gasteiger partial charge in [0.1, 0.15) is 0 Å². The fourth-order valence-electron chi connectivity index (χ4n) is 3.40. The summed E-state index contributed by atoms with van der Waals surface area (Å²) in [7, 11) is 0. The van der Waals surface area contributed by atoms with E-state index in [2.05, 4.69) is 16.3 Å². The molecule has 4 nitrogen and oxygen atoms in total. The van der Waals surface area contributed by atoms with Crippen LogP contribution in [0.1, 0.15) is 30.6 Å². The maximum absolute atomic E-state index is 12.0. The Balaban J connectivity index is 1.50. The van der Waals surface area contributed by atoms with Crippen molar-refractivity contribution in [3.8, 4) is 0 Å². The number of carbonyl (C=O) groups is 1. The molecular formula is C14H21N3OS. The number of nitrogens with zero attached hydrogens (tertiary/aromatic N) is 1. The van der Waals surface area contributed by atoms with Gasteiger partial charge in [0.05, 0.1) is 13.1 Å². The van der Waals surface area contributed by atoms with Crippen molar-refractivity contribution < 1.29 is 4.79 Å². The second kappa shape index (κ2) is 5.61. The number of rotatable bonds is 4. The van der Waals surface area contributed by atoms with E-state index in [9.17, 15) is 4.79 Å². The molecule has 19 heavy (non-hydrogen) atoms. The molecule has 2 bridgehead atoms. The Hall–Kier alpha value is -0.910. The smallest absolute Gasteiger partial charge is 0.234 e. The van der Waals surface area contributed by atoms with Gasteiger partial charge in [-0.05, 0) is 37.1 Å². The van der Waals surface area contributed by atoms with E-state index in [0.29, 0.717) is 31.2 Å². The van der Waals surface area contributed by atoms with Crippen LogP contribution >= 0.6 is 11.3 Å². The van der Waals surface area contributed by atoms with Gasteiger partial charge in [0.25, 0.3) is 0 Å². The molecule has 3 N–H and O–H groups in total. The molecule has 0 spiro atoms. The summed E-state index contributed by atoms with van der Waals surface area (Å²) >= 11 is 1.68. The molecule has 0 saturated carbocycles. The number of hydrogen-bond donors (Lipinski definition) is 2. The summed E-state index contributed by atoms with van der Waals surface area (Å²) in [6.07, 6.45) is 4.51. The summed E-state index contributed by atoms with van der Waals surface area (Å²) in [6, 6.07) is 5.46. The van der Waals surface area contributed by atoms with Gasteiger partial charge in [-0.3, -0.25) is 9.69 Å². The van der Waals surface area contributed by atoms with E-state index in [1.54, 1.807) is 11.3 Å². The van der Waals surface area contributed by atoms with Crippen molar-refractivity contribution in [2.24, 2.45) is 5.73 Å². The summed E-state index contributed by atoms with van der Waals surface area (Å²) in [5.74, 6) is 0.140. The maximum Gasteiger partial charge on any atom is 0.234 e. The lowest BCUT2D eigenvalue weighted by Gasteiger charge is -2.37. The highest BCUT2D eigenvalue weighted by atomic mass is 32.1. The van der Waals surface area contributed by atoms with Crippen molar-refractivity contribution in [1.82, 2.24) is 10.2 Å². The van der Waals surface area contributed by atoms with Crippen molar-refractivity contribution in [2.75, 3.05) is 6.54 Å². The van der Waals surface area contributed by atoms with Gasteiger partial charge in [-0.1, -0.05) is 6.07 Å². The summed E-state index contributed by atoms with van der Waals surface area (Å²) < 4.78 is 0. The number of piperidine rings is 1. The topological polar surface area (TPSA) is 58.4 Å². The zero-order valence-electron chi connectivity index (χ0n) is 11.0. The Labute approximate surface area is 118 Å². The average molecular weight is 279 g/mol. The highest BCUT2D eigenvalue weighted by Crippen LogP contribution is 2.34. The van der Waals surface area contributed by atoms with Crippen molar-refractivity contribution >= 4 is 17.2 Å². The van der Waals surface area contributed by atoms with Crippen LogP contribution in [0.4, 0.5) is 0 Å². The van der Waals surface area contributed by atoms with Gasteiger partial charge in [0.15, 0.2) is 0 Å². The highest BCUT2D eigenvalue weighted by molar-refractivity contribution is 7.09. The summed E-state index contributed by atoms with van der Waals surface area (Å²) in [5, 5.41) is 5.05. The largest absolute Gasteiger partial charge is 0.350 e. The number of amides is 1. The second-order valence-electron chi connectivity index (χ2n) is 5.64. The van der Waals surface area contributed by atoms with Gasteiger partial charge >= 0.3 is 0 Å². The normalized spacial score (nSPS) is 30.5. The summed E-state index contributed by atoms with van der Waals surface area (Å²) in [5.41, 5.74) is 6.05. The van der Waals surface area contributed by atoms with Crippen molar-refractivity contribution in [3.05, 3.63) is 22.4 Å². The van der Waals surface area contributed by atoms with Crippen LogP contribution < -0.4 is 11.1 Å². The Morgan fingerprint density at radius 3 is 2.79 bits per heavy atom. The molecule has 2 fully saturated rings. The molecule has 3 heterocycles. The number of nitrogens with one attached hydrogen (secondary N) is 1. The number of hydrogen-bond acceptors (Lipinski definition) is 4. The molecule has 2 aliphatic rings. The van der Waals surface area contributed by atoms with Gasteiger partial charge in [-0.25, -0.2) is 0 Å². The van der Waals surface area contributed by atoms with Crippen LogP contribution in [0.25, 0.3) is 0 Å². The lowest BCUT2D eigenvalue weighted by Crippen LogP contribution is -2.50. The quantitative estimate of drug-likeness (QED) is 0.874. The molecule has 1 aromatic heterocycles. The van der Waals surface area contributed by atoms with Gasteiger partial charge in [-0.2, -0.15) is 0 Å². The van der Waals surface area contributed by atoms with Gasteiger partial charge in [0.2, 0.25) is 5.91 Å². The van der Waals surface area contributed by atoms with Crippen molar-refractivity contribution in [3.63, 3.8) is 0 Å². The van der Waals surface area contributed by atoms with E-state index in [1.165, 1.54) is 17.7 Å². The van der Waals surface area contributed by atoms with Crippen LogP contribution in [0.5, 0.6) is 0 Å². The minimum absolute atomic E-state index is 0.140. The standard InChI is InChI=1S/C14H21N3OS/c15-10-6-11-3-4-12(7-10)17(11)9-14(18)16-8-13-2-1-5-19-13/h1-2,5,10-12H,3-4,6-9,15H2,(H,16,18). The first-order chi connectivity index (χ1) is 9.22. The Kier molecular flexibility index (Phi) is 3.86. The fourth-order valence-corrected chi connectivity index (χ4v) is 4.04. The van der Waals surface area contributed by atoms with Crippen molar-refractivity contribution in [1.29, 1.82) is 0 Å². The Bertz CT molecular complexity index is 420. The predicted molar refractivity (Wildman–Crippen MR) is 76.9 cm³/mol. The first kappa shape index (κ1) is 13.1. The van der Waals surface area contributed by atoms with Crippen molar-refractivity contribution in [2.45, 2.75) is 50.4 Å². The number of carbonyl (C=O) groups excluding carboxylic acids is 1. The monoisotopic (exact) mass is 279 g/mol. The molecule has 1 aromatic rings. The van der Waals surface area contributed by atoms with E-state index in [0.717, 1.165) is 12.8 Å². The van der Waals surface area contributed by atoms with E-state index in [-0.39, 0.29) is 5.91 Å². The van der Waals surface area contributed by atoms with E-state index in [4.69, 9.17) is 5.73 Å². The predicted octanol–water partition coefficient (Wildman–Crippen LogP) is 1.32. The number of nitrogens with two attached hydrogens (primary N) is 1. The third kappa shape index (κ3) is 2.99. The second-order valence-corrected chi connectivity index (χ2v) is 6.68. The minimum Gasteiger partial charge on any atom is -0.350 e. The molecule has 1 amide bonds. The van der Waals surface area contributed by atoms with E-state index in [1.807, 2.05) is 11.4 Å². The van der Waals surface area contributed by atoms with Crippen LogP contribution in [-0.4, -0.2) is 35.5 Å². The molecule has 5 heteroatoms. The molecule has 104 valence electrons. The van der Waals surface area contributed by atoms with Crippen LogP contribution in [0.3, 0.4) is 0 Å². The Morgan fingerprint density at radius 1 is 1.42 bits per heavy atom. The average Bonchev–Trinajstić information content (AvgIpc) is 2.96. The molecule has 0 radical (unpaired) electrons. The highest BCUT2D eigenvalue weighted by Gasteiger charge is 2.40. The van der Waals surface area contributed by atoms with Crippen LogP contribution in [0.2, 0.25) is 0 Å². The SMILES string of the molecule is NC1CC2CCC(C1)N2CC(=O)NCc1cccs1. The molecule has 0 aliphatic carbocycles. The molecule has 3 rings (SSSR count). The molecule has 0 aromatic carbocycles. The summed E-state index contributed by atoms with van der Waals surface area (Å²) in [6.45, 7) is 1.19. The molecule has 2 unspecified atom stereocenters. The first-order valence-electron chi connectivity index (χ1n) is 7.03. The van der Waals surface area contributed by atoms with E-state index < -0.39 is 0 Å². The van der Waals surface area contributed by atoms with Gasteiger partial charge in [-0.15, -0.1) is 11.3 Å². The molecule has 2 aliphatic heterocycles. The Morgan fingerprint density at radius 2 is 2.16 bits per heavy atom. The lowest BCUT2D eigenvalue weighted by molar-refractivity contribution is -0.123. The zero-order valence-corrected chi connectivity index (χ0v) is 11.9. The minimum atomic E-state index is 0.140. The first-order valence-corrected chi connectivity index (χ1v) is 7.91. The zero-order chi connectivity index (χ0) is 13.2. The lowest BCUT2D eigenvalue weighted by atomic mass is 9.98. The van der Waals surface area contributed by atoms with Gasteiger partial charge < -0.3 is 11.1 Å². The van der Waals surface area contributed by atoms with Gasteiger partial charge in [0, 0.05) is 23.0 Å².